The normalized spacial score (nSPS) is 18.7. The molecule has 1 aliphatic heterocycles. The maximum atomic E-state index is 13.5. The fraction of sp³-hybridized carbons (Fsp3) is 0.630. The Morgan fingerprint density at radius 2 is 2.00 bits per heavy atom. The highest BCUT2D eigenvalue weighted by Gasteiger charge is 2.39. The predicted octanol–water partition coefficient (Wildman–Crippen LogP) is 4.11. The zero-order valence-electron chi connectivity index (χ0n) is 21.7. The highest BCUT2D eigenvalue weighted by Crippen LogP contribution is 2.31. The van der Waals surface area contributed by atoms with E-state index in [1.807, 2.05) is 25.7 Å². The SMILES string of the molecule is COCCCn1cc(C)c2ccc(CN(C(=O)[C@H]3CN(C(=O)OC(C)(C)C)CCO3)C3CC3)cc21. The average Bonchev–Trinajstić information content (AvgIpc) is 3.61. The van der Waals surface area contributed by atoms with Crippen LogP contribution in [0.5, 0.6) is 0 Å². The first-order valence-corrected chi connectivity index (χ1v) is 12.6. The quantitative estimate of drug-likeness (QED) is 0.526. The highest BCUT2D eigenvalue weighted by atomic mass is 16.6. The van der Waals surface area contributed by atoms with Crippen molar-refractivity contribution >= 4 is 22.9 Å². The summed E-state index contributed by atoms with van der Waals surface area (Å²) in [5, 5.41) is 1.24. The van der Waals surface area contributed by atoms with Gasteiger partial charge in [0.25, 0.3) is 5.91 Å². The predicted molar refractivity (Wildman–Crippen MR) is 134 cm³/mol. The first-order chi connectivity index (χ1) is 16.7. The van der Waals surface area contributed by atoms with Gasteiger partial charge in [-0.3, -0.25) is 4.79 Å². The van der Waals surface area contributed by atoms with Crippen molar-refractivity contribution in [1.82, 2.24) is 14.4 Å². The standard InChI is InChI=1S/C27H39N3O5/c1-19-16-28(11-6-13-33-5)23-15-20(7-10-22(19)23)17-30(21-8-9-21)25(31)24-18-29(12-14-34-24)26(32)35-27(2,3)4/h7,10,15-16,21,24H,6,8-9,11-14,17-18H2,1-5H3/t24-/m1/s1. The second-order valence-electron chi connectivity index (χ2n) is 10.7. The molecule has 8 nitrogen and oxygen atoms in total. The monoisotopic (exact) mass is 485 g/mol. The van der Waals surface area contributed by atoms with Crippen LogP contribution in [0.4, 0.5) is 4.79 Å². The molecule has 1 saturated heterocycles. The van der Waals surface area contributed by atoms with Crippen LogP contribution in [0.1, 0.15) is 51.2 Å². The molecule has 1 saturated carbocycles. The van der Waals surface area contributed by atoms with Crippen molar-refractivity contribution in [2.24, 2.45) is 0 Å². The third-order valence-electron chi connectivity index (χ3n) is 6.51. The van der Waals surface area contributed by atoms with Crippen LogP contribution in [0.25, 0.3) is 10.9 Å². The van der Waals surface area contributed by atoms with Crippen LogP contribution in [0.15, 0.2) is 24.4 Å². The number of benzene rings is 1. The van der Waals surface area contributed by atoms with Crippen molar-refractivity contribution in [1.29, 1.82) is 0 Å². The van der Waals surface area contributed by atoms with Crippen LogP contribution >= 0.6 is 0 Å². The Balaban J connectivity index is 1.47. The molecule has 2 heterocycles. The third-order valence-corrected chi connectivity index (χ3v) is 6.51. The Labute approximate surface area is 208 Å². The van der Waals surface area contributed by atoms with Crippen LogP contribution in [0, 0.1) is 6.92 Å². The molecule has 1 atom stereocenters. The molecule has 2 aromatic rings. The molecule has 192 valence electrons. The van der Waals surface area contributed by atoms with Crippen LogP contribution in [-0.2, 0) is 32.1 Å². The number of morpholine rings is 1. The first kappa shape index (κ1) is 25.5. The zero-order chi connectivity index (χ0) is 25.2. The van der Waals surface area contributed by atoms with Crippen molar-refractivity contribution in [2.45, 2.75) is 77.8 Å². The Kier molecular flexibility index (Phi) is 7.71. The lowest BCUT2D eigenvalue weighted by Crippen LogP contribution is -2.53. The van der Waals surface area contributed by atoms with Gasteiger partial charge >= 0.3 is 6.09 Å². The van der Waals surface area contributed by atoms with Crippen LogP contribution in [0.2, 0.25) is 0 Å². The topological polar surface area (TPSA) is 73.2 Å². The van der Waals surface area contributed by atoms with Crippen molar-refractivity contribution in [3.63, 3.8) is 0 Å². The first-order valence-electron chi connectivity index (χ1n) is 12.6. The molecule has 1 aliphatic carbocycles. The number of aryl methyl sites for hydroxylation is 2. The van der Waals surface area contributed by atoms with E-state index in [1.54, 1.807) is 12.0 Å². The molecule has 35 heavy (non-hydrogen) atoms. The highest BCUT2D eigenvalue weighted by molar-refractivity contribution is 5.85. The number of methoxy groups -OCH3 is 1. The number of hydrogen-bond acceptors (Lipinski definition) is 5. The molecule has 2 aliphatic rings. The van der Waals surface area contributed by atoms with Gasteiger partial charge in [0, 0.05) is 56.5 Å². The number of carbonyl (C=O) groups is 2. The van der Waals surface area contributed by atoms with Crippen molar-refractivity contribution in [3.8, 4) is 0 Å². The smallest absolute Gasteiger partial charge is 0.410 e. The van der Waals surface area contributed by atoms with E-state index in [-0.39, 0.29) is 18.5 Å². The van der Waals surface area contributed by atoms with Gasteiger partial charge in [0.2, 0.25) is 0 Å². The average molecular weight is 486 g/mol. The van der Waals surface area contributed by atoms with Crippen LogP contribution in [0.3, 0.4) is 0 Å². The number of nitrogens with zero attached hydrogens (tertiary/aromatic N) is 3. The number of carbonyl (C=O) groups excluding carboxylic acids is 2. The van der Waals surface area contributed by atoms with Crippen LogP contribution < -0.4 is 0 Å². The van der Waals surface area contributed by atoms with Gasteiger partial charge in [0.1, 0.15) is 5.60 Å². The molecule has 2 fully saturated rings. The number of amides is 2. The summed E-state index contributed by atoms with van der Waals surface area (Å²) in [6.45, 7) is 10.8. The van der Waals surface area contributed by atoms with Gasteiger partial charge in [-0.05, 0) is 64.2 Å². The lowest BCUT2D eigenvalue weighted by molar-refractivity contribution is -0.150. The summed E-state index contributed by atoms with van der Waals surface area (Å²) in [4.78, 5) is 29.6. The van der Waals surface area contributed by atoms with E-state index in [9.17, 15) is 9.59 Å². The van der Waals surface area contributed by atoms with Crippen molar-refractivity contribution in [2.75, 3.05) is 33.4 Å². The molecule has 0 spiro atoms. The lowest BCUT2D eigenvalue weighted by Gasteiger charge is -2.36. The van der Waals surface area contributed by atoms with E-state index in [1.165, 1.54) is 16.5 Å². The maximum absolute atomic E-state index is 13.5. The Hall–Kier alpha value is -2.58. The molecule has 0 unspecified atom stereocenters. The van der Waals surface area contributed by atoms with E-state index in [2.05, 4.69) is 35.9 Å². The van der Waals surface area contributed by atoms with E-state index in [4.69, 9.17) is 14.2 Å². The molecule has 0 N–H and O–H groups in total. The minimum absolute atomic E-state index is 0.0486. The molecule has 8 heteroatoms. The van der Waals surface area contributed by atoms with Gasteiger partial charge in [-0.1, -0.05) is 12.1 Å². The van der Waals surface area contributed by atoms with Gasteiger partial charge in [0.15, 0.2) is 6.10 Å². The number of hydrogen-bond donors (Lipinski definition) is 0. The number of aromatic nitrogens is 1. The fourth-order valence-corrected chi connectivity index (χ4v) is 4.63. The molecular weight excluding hydrogens is 446 g/mol. The Morgan fingerprint density at radius 1 is 1.23 bits per heavy atom. The number of rotatable bonds is 8. The second kappa shape index (κ2) is 10.6. The van der Waals surface area contributed by atoms with Crippen LogP contribution in [-0.4, -0.2) is 77.5 Å². The molecule has 2 amide bonds. The molecule has 1 aromatic heterocycles. The summed E-state index contributed by atoms with van der Waals surface area (Å²) in [5.41, 5.74) is 2.96. The summed E-state index contributed by atoms with van der Waals surface area (Å²) in [7, 11) is 1.73. The van der Waals surface area contributed by atoms with Crippen molar-refractivity contribution in [3.05, 3.63) is 35.5 Å². The minimum Gasteiger partial charge on any atom is -0.444 e. The largest absolute Gasteiger partial charge is 0.444 e. The van der Waals surface area contributed by atoms with Crippen molar-refractivity contribution < 1.29 is 23.8 Å². The van der Waals surface area contributed by atoms with Gasteiger partial charge < -0.3 is 28.6 Å². The molecule has 0 bridgehead atoms. The third kappa shape index (κ3) is 6.35. The summed E-state index contributed by atoms with van der Waals surface area (Å²) in [5.74, 6) is -0.0486. The molecular formula is C27H39N3O5. The summed E-state index contributed by atoms with van der Waals surface area (Å²) < 4.78 is 18.8. The fourth-order valence-electron chi connectivity index (χ4n) is 4.63. The molecule has 1 aromatic carbocycles. The Bertz CT molecular complexity index is 1050. The minimum atomic E-state index is -0.666. The van der Waals surface area contributed by atoms with E-state index in [0.717, 1.165) is 38.0 Å². The second-order valence-corrected chi connectivity index (χ2v) is 10.7. The van der Waals surface area contributed by atoms with Gasteiger partial charge in [-0.15, -0.1) is 0 Å². The summed E-state index contributed by atoms with van der Waals surface area (Å²) >= 11 is 0. The summed E-state index contributed by atoms with van der Waals surface area (Å²) in [6, 6.07) is 6.71. The zero-order valence-corrected chi connectivity index (χ0v) is 21.7. The number of ether oxygens (including phenoxy) is 3. The van der Waals surface area contributed by atoms with E-state index >= 15 is 0 Å². The maximum Gasteiger partial charge on any atom is 0.410 e. The summed E-state index contributed by atoms with van der Waals surface area (Å²) in [6.07, 6.45) is 4.08. The van der Waals surface area contributed by atoms with Gasteiger partial charge in [-0.2, -0.15) is 0 Å². The van der Waals surface area contributed by atoms with E-state index in [0.29, 0.717) is 19.7 Å². The van der Waals surface area contributed by atoms with E-state index < -0.39 is 17.8 Å². The molecule has 4 rings (SSSR count). The van der Waals surface area contributed by atoms with Gasteiger partial charge in [0.05, 0.1) is 13.2 Å². The van der Waals surface area contributed by atoms with Gasteiger partial charge in [-0.25, -0.2) is 4.79 Å². The number of fused-ring (bicyclic) bond motifs is 1. The lowest BCUT2D eigenvalue weighted by atomic mass is 10.1. The molecule has 0 radical (unpaired) electrons. The Morgan fingerprint density at radius 3 is 2.69 bits per heavy atom.